The van der Waals surface area contributed by atoms with Crippen LogP contribution in [0.25, 0.3) is 0 Å². The van der Waals surface area contributed by atoms with E-state index in [2.05, 4.69) is 15.4 Å². The number of methoxy groups -OCH3 is 1. The van der Waals surface area contributed by atoms with Crippen molar-refractivity contribution in [3.05, 3.63) is 65.2 Å². The molecule has 2 saturated carbocycles. The van der Waals surface area contributed by atoms with Gasteiger partial charge in [-0.1, -0.05) is 24.3 Å². The number of carbonyl (C=O) groups is 3. The molecule has 0 spiro atoms. The van der Waals surface area contributed by atoms with Crippen molar-refractivity contribution in [2.45, 2.75) is 63.1 Å². The van der Waals surface area contributed by atoms with Crippen LogP contribution in [0.15, 0.2) is 48.5 Å². The van der Waals surface area contributed by atoms with Crippen molar-refractivity contribution in [3.8, 4) is 0 Å². The Balaban J connectivity index is 1.32. The number of anilines is 1. The smallest absolute Gasteiger partial charge is 0.391 e. The van der Waals surface area contributed by atoms with Gasteiger partial charge in [-0.3, -0.25) is 9.59 Å². The van der Waals surface area contributed by atoms with Crippen molar-refractivity contribution in [1.82, 2.24) is 5.32 Å². The lowest BCUT2D eigenvalue weighted by atomic mass is 9.71. The highest BCUT2D eigenvalue weighted by molar-refractivity contribution is 5.93. The molecule has 37 heavy (non-hydrogen) atoms. The Bertz CT molecular complexity index is 1120. The number of ether oxygens (including phenoxy) is 1. The minimum Gasteiger partial charge on any atom is -0.465 e. The number of halogens is 3. The first-order valence-corrected chi connectivity index (χ1v) is 12.6. The monoisotopic (exact) mass is 516 g/mol. The molecular weight excluding hydrogens is 485 g/mol. The molecular formula is C28H31F3N2O4. The molecule has 2 fully saturated rings. The molecule has 198 valence electrons. The molecule has 2 aliphatic rings. The van der Waals surface area contributed by atoms with Gasteiger partial charge < -0.3 is 15.4 Å². The Hall–Kier alpha value is -3.36. The summed E-state index contributed by atoms with van der Waals surface area (Å²) in [5, 5.41) is 5.99. The van der Waals surface area contributed by atoms with E-state index in [1.807, 2.05) is 12.1 Å². The quantitative estimate of drug-likeness (QED) is 0.475. The highest BCUT2D eigenvalue weighted by Crippen LogP contribution is 2.43. The molecule has 0 heterocycles. The van der Waals surface area contributed by atoms with Gasteiger partial charge in [0.25, 0.3) is 0 Å². The maximum atomic E-state index is 13.0. The fourth-order valence-corrected chi connectivity index (χ4v) is 5.18. The van der Waals surface area contributed by atoms with Gasteiger partial charge in [-0.25, -0.2) is 4.79 Å². The van der Waals surface area contributed by atoms with Crippen molar-refractivity contribution in [1.29, 1.82) is 0 Å². The second-order valence-electron chi connectivity index (χ2n) is 10.0. The van der Waals surface area contributed by atoms with Crippen molar-refractivity contribution in [3.63, 3.8) is 0 Å². The normalized spacial score (nSPS) is 20.9. The van der Waals surface area contributed by atoms with Crippen LogP contribution in [0.5, 0.6) is 0 Å². The molecule has 0 bridgehead atoms. The van der Waals surface area contributed by atoms with Crippen molar-refractivity contribution in [2.24, 2.45) is 11.8 Å². The Labute approximate surface area is 214 Å². The number of alkyl halides is 3. The van der Waals surface area contributed by atoms with E-state index in [-0.39, 0.29) is 43.9 Å². The van der Waals surface area contributed by atoms with Gasteiger partial charge in [0.05, 0.1) is 30.6 Å². The molecule has 4 rings (SSSR count). The lowest BCUT2D eigenvalue weighted by molar-refractivity contribution is -0.184. The third-order valence-electron chi connectivity index (χ3n) is 7.59. The first kappa shape index (κ1) is 26.7. The number of nitrogens with one attached hydrogen (secondary N) is 2. The largest absolute Gasteiger partial charge is 0.465 e. The van der Waals surface area contributed by atoms with Gasteiger partial charge in [0.15, 0.2) is 0 Å². The topological polar surface area (TPSA) is 84.5 Å². The summed E-state index contributed by atoms with van der Waals surface area (Å²) >= 11 is 0. The van der Waals surface area contributed by atoms with E-state index >= 15 is 0 Å². The predicted molar refractivity (Wildman–Crippen MR) is 132 cm³/mol. The second-order valence-corrected chi connectivity index (χ2v) is 10.0. The summed E-state index contributed by atoms with van der Waals surface area (Å²) < 4.78 is 43.5. The van der Waals surface area contributed by atoms with E-state index in [1.165, 1.54) is 7.11 Å². The zero-order valence-electron chi connectivity index (χ0n) is 20.7. The van der Waals surface area contributed by atoms with Crippen LogP contribution in [-0.2, 0) is 26.3 Å². The molecule has 0 unspecified atom stereocenters. The van der Waals surface area contributed by atoms with Crippen LogP contribution in [-0.4, -0.2) is 31.1 Å². The number of carbonyl (C=O) groups excluding carboxylic acids is 3. The summed E-state index contributed by atoms with van der Waals surface area (Å²) in [7, 11) is 1.31. The molecule has 2 aromatic rings. The van der Waals surface area contributed by atoms with E-state index in [0.29, 0.717) is 11.3 Å². The van der Waals surface area contributed by atoms with Crippen molar-refractivity contribution < 1.29 is 32.3 Å². The van der Waals surface area contributed by atoms with Crippen molar-refractivity contribution in [2.75, 3.05) is 12.4 Å². The Morgan fingerprint density at radius 1 is 0.946 bits per heavy atom. The number of rotatable bonds is 7. The Morgan fingerprint density at radius 2 is 1.57 bits per heavy atom. The lowest BCUT2D eigenvalue weighted by Crippen LogP contribution is -2.53. The average molecular weight is 517 g/mol. The highest BCUT2D eigenvalue weighted by atomic mass is 19.4. The zero-order valence-corrected chi connectivity index (χ0v) is 20.7. The molecule has 2 aromatic carbocycles. The van der Waals surface area contributed by atoms with E-state index in [1.54, 1.807) is 36.4 Å². The molecule has 9 heteroatoms. The summed E-state index contributed by atoms with van der Waals surface area (Å²) in [6.07, 6.45) is -1.06. The number of amides is 2. The molecule has 0 aromatic heterocycles. The number of esters is 1. The Morgan fingerprint density at radius 3 is 2.08 bits per heavy atom. The summed E-state index contributed by atoms with van der Waals surface area (Å²) in [5.41, 5.74) is 2.19. The first-order chi connectivity index (χ1) is 17.6. The summed E-state index contributed by atoms with van der Waals surface area (Å²) in [6.45, 7) is 0. The van der Waals surface area contributed by atoms with Gasteiger partial charge in [0.1, 0.15) is 0 Å². The molecule has 2 aliphatic carbocycles. The third-order valence-corrected chi connectivity index (χ3v) is 7.59. The summed E-state index contributed by atoms with van der Waals surface area (Å²) in [5.74, 6) is -2.52. The van der Waals surface area contributed by atoms with Gasteiger partial charge in [-0.05, 0) is 80.3 Å². The zero-order chi connectivity index (χ0) is 26.6. The maximum absolute atomic E-state index is 13.0. The minimum absolute atomic E-state index is 0.00158. The summed E-state index contributed by atoms with van der Waals surface area (Å²) in [4.78, 5) is 36.9. The van der Waals surface area contributed by atoms with Crippen LogP contribution in [0.1, 0.15) is 66.4 Å². The molecule has 6 nitrogen and oxygen atoms in total. The number of hydrogen-bond acceptors (Lipinski definition) is 4. The predicted octanol–water partition coefficient (Wildman–Crippen LogP) is 5.52. The van der Waals surface area contributed by atoms with E-state index in [9.17, 15) is 27.6 Å². The summed E-state index contributed by atoms with van der Waals surface area (Å²) in [6, 6.07) is 13.9. The average Bonchev–Trinajstić information content (AvgIpc) is 2.86. The fourth-order valence-electron chi connectivity index (χ4n) is 5.18. The number of benzene rings is 2. The fraction of sp³-hybridized carbons (Fsp3) is 0.464. The van der Waals surface area contributed by atoms with Gasteiger partial charge >= 0.3 is 12.1 Å². The van der Waals surface area contributed by atoms with Crippen LogP contribution in [0, 0.1) is 11.8 Å². The third kappa shape index (κ3) is 6.32. The molecule has 2 N–H and O–H groups in total. The molecule has 0 aliphatic heterocycles. The van der Waals surface area contributed by atoms with Gasteiger partial charge in [-0.2, -0.15) is 13.2 Å². The van der Waals surface area contributed by atoms with Crippen LogP contribution >= 0.6 is 0 Å². The first-order valence-electron chi connectivity index (χ1n) is 12.6. The molecule has 0 radical (unpaired) electrons. The second kappa shape index (κ2) is 10.9. The lowest BCUT2D eigenvalue weighted by Gasteiger charge is -2.44. The standard InChI is InChI=1S/C28H31F3N2O4/c1-37-26(36)20-5-3-18(4-6-20)17-24(34)32-23-13-11-21(12-14-23)27(15-2-16-27)33-25(35)19-7-9-22(10-8-19)28(29,30)31/h3-6,11-14,19,22H,2,7-10,15-17H2,1H3,(H,32,34)(H,33,35). The minimum atomic E-state index is -4.19. The SMILES string of the molecule is COC(=O)c1ccc(CC(=O)Nc2ccc(C3(NC(=O)C4CCC(C(F)(F)F)CC4)CCC3)cc2)cc1. The van der Waals surface area contributed by atoms with Crippen LogP contribution < -0.4 is 10.6 Å². The van der Waals surface area contributed by atoms with Crippen molar-refractivity contribution >= 4 is 23.5 Å². The van der Waals surface area contributed by atoms with Crippen LogP contribution in [0.2, 0.25) is 0 Å². The van der Waals surface area contributed by atoms with E-state index < -0.39 is 29.5 Å². The maximum Gasteiger partial charge on any atom is 0.391 e. The van der Waals surface area contributed by atoms with Gasteiger partial charge in [-0.15, -0.1) is 0 Å². The molecule has 0 saturated heterocycles. The molecule has 2 amide bonds. The van der Waals surface area contributed by atoms with Crippen LogP contribution in [0.3, 0.4) is 0 Å². The van der Waals surface area contributed by atoms with E-state index in [4.69, 9.17) is 0 Å². The van der Waals surface area contributed by atoms with Gasteiger partial charge in [0.2, 0.25) is 11.8 Å². The van der Waals surface area contributed by atoms with Gasteiger partial charge in [0, 0.05) is 11.6 Å². The van der Waals surface area contributed by atoms with Crippen LogP contribution in [0.4, 0.5) is 18.9 Å². The van der Waals surface area contributed by atoms with E-state index in [0.717, 1.165) is 30.4 Å². The highest BCUT2D eigenvalue weighted by Gasteiger charge is 2.45. The number of hydrogen-bond donors (Lipinski definition) is 2. The molecule has 0 atom stereocenters. The Kier molecular flexibility index (Phi) is 7.90.